The molecule has 1 aliphatic carbocycles. The summed E-state index contributed by atoms with van der Waals surface area (Å²) >= 11 is 0. The van der Waals surface area contributed by atoms with Crippen molar-refractivity contribution in [3.05, 3.63) is 0 Å². The van der Waals surface area contributed by atoms with Crippen molar-refractivity contribution in [3.8, 4) is 0 Å². The molecule has 2 N–H and O–H groups in total. The summed E-state index contributed by atoms with van der Waals surface area (Å²) in [5.41, 5.74) is -0.557. The van der Waals surface area contributed by atoms with Crippen molar-refractivity contribution in [3.63, 3.8) is 0 Å². The van der Waals surface area contributed by atoms with Gasteiger partial charge >= 0.3 is 0 Å². The molecule has 0 amide bonds. The predicted molar refractivity (Wildman–Crippen MR) is 66.1 cm³/mol. The van der Waals surface area contributed by atoms with Crippen LogP contribution in [0, 0.1) is 0 Å². The number of ether oxygens (including phenoxy) is 2. The highest BCUT2D eigenvalue weighted by atomic mass is 16.5. The fourth-order valence-corrected chi connectivity index (χ4v) is 2.81. The van der Waals surface area contributed by atoms with Gasteiger partial charge in [-0.15, -0.1) is 0 Å². The SMILES string of the molecule is COC1CCCC(NCC2(O)CCOCC2)C1. The van der Waals surface area contributed by atoms with E-state index in [1.54, 1.807) is 7.11 Å². The van der Waals surface area contributed by atoms with Gasteiger partial charge in [-0.05, 0) is 25.7 Å². The summed E-state index contributed by atoms with van der Waals surface area (Å²) in [6.07, 6.45) is 6.56. The Labute approximate surface area is 104 Å². The average molecular weight is 243 g/mol. The van der Waals surface area contributed by atoms with Crippen molar-refractivity contribution in [2.75, 3.05) is 26.9 Å². The Hall–Kier alpha value is -0.160. The molecule has 17 heavy (non-hydrogen) atoms. The van der Waals surface area contributed by atoms with Gasteiger partial charge in [-0.25, -0.2) is 0 Å². The highest BCUT2D eigenvalue weighted by Crippen LogP contribution is 2.23. The molecule has 2 unspecified atom stereocenters. The van der Waals surface area contributed by atoms with Crippen LogP contribution in [0.4, 0.5) is 0 Å². The molecule has 1 saturated carbocycles. The third-order valence-electron chi connectivity index (χ3n) is 4.10. The highest BCUT2D eigenvalue weighted by Gasteiger charge is 2.31. The summed E-state index contributed by atoms with van der Waals surface area (Å²) in [6.45, 7) is 2.06. The van der Waals surface area contributed by atoms with Crippen LogP contribution < -0.4 is 5.32 Å². The first-order chi connectivity index (χ1) is 8.22. The minimum absolute atomic E-state index is 0.394. The number of nitrogens with one attached hydrogen (secondary N) is 1. The maximum absolute atomic E-state index is 10.4. The van der Waals surface area contributed by atoms with Crippen molar-refractivity contribution in [2.45, 2.75) is 56.3 Å². The third-order valence-corrected chi connectivity index (χ3v) is 4.10. The summed E-state index contributed by atoms with van der Waals surface area (Å²) in [5.74, 6) is 0. The lowest BCUT2D eigenvalue weighted by atomic mass is 9.90. The van der Waals surface area contributed by atoms with Gasteiger partial charge in [0.05, 0.1) is 11.7 Å². The Morgan fingerprint density at radius 2 is 2.12 bits per heavy atom. The standard InChI is InChI=1S/C13H25NO3/c1-16-12-4-2-3-11(9-12)14-10-13(15)5-7-17-8-6-13/h11-12,14-15H,2-10H2,1H3. The second-order valence-electron chi connectivity index (χ2n) is 5.44. The molecule has 0 radical (unpaired) electrons. The van der Waals surface area contributed by atoms with E-state index in [4.69, 9.17) is 9.47 Å². The van der Waals surface area contributed by atoms with Crippen LogP contribution in [0.3, 0.4) is 0 Å². The second-order valence-corrected chi connectivity index (χ2v) is 5.44. The van der Waals surface area contributed by atoms with Crippen molar-refractivity contribution in [1.82, 2.24) is 5.32 Å². The maximum atomic E-state index is 10.4. The lowest BCUT2D eigenvalue weighted by Crippen LogP contribution is -2.49. The van der Waals surface area contributed by atoms with E-state index >= 15 is 0 Å². The molecule has 0 aromatic heterocycles. The van der Waals surface area contributed by atoms with Crippen LogP contribution in [0.25, 0.3) is 0 Å². The molecule has 0 aromatic carbocycles. The molecule has 2 rings (SSSR count). The summed E-state index contributed by atoms with van der Waals surface area (Å²) in [6, 6.07) is 0.501. The molecule has 100 valence electrons. The van der Waals surface area contributed by atoms with E-state index in [0.29, 0.717) is 31.9 Å². The van der Waals surface area contributed by atoms with Crippen molar-refractivity contribution in [2.24, 2.45) is 0 Å². The first-order valence-corrected chi connectivity index (χ1v) is 6.78. The van der Waals surface area contributed by atoms with Gasteiger partial charge in [0.2, 0.25) is 0 Å². The first kappa shape index (κ1) is 13.3. The number of hydrogen-bond donors (Lipinski definition) is 2. The normalized spacial score (nSPS) is 33.5. The van der Waals surface area contributed by atoms with Gasteiger partial charge in [-0.1, -0.05) is 0 Å². The lowest BCUT2D eigenvalue weighted by molar-refractivity contribution is -0.0642. The highest BCUT2D eigenvalue weighted by molar-refractivity contribution is 4.87. The first-order valence-electron chi connectivity index (χ1n) is 6.78. The van der Waals surface area contributed by atoms with Crippen molar-refractivity contribution >= 4 is 0 Å². The van der Waals surface area contributed by atoms with Gasteiger partial charge in [0.15, 0.2) is 0 Å². The Balaban J connectivity index is 1.73. The summed E-state index contributed by atoms with van der Waals surface area (Å²) < 4.78 is 10.7. The van der Waals surface area contributed by atoms with Crippen molar-refractivity contribution < 1.29 is 14.6 Å². The Kier molecular flexibility index (Phi) is 4.79. The topological polar surface area (TPSA) is 50.7 Å². The van der Waals surface area contributed by atoms with E-state index in [2.05, 4.69) is 5.32 Å². The molecular weight excluding hydrogens is 218 g/mol. The summed E-state index contributed by atoms with van der Waals surface area (Å²) in [7, 11) is 1.79. The van der Waals surface area contributed by atoms with E-state index in [1.165, 1.54) is 19.3 Å². The zero-order valence-electron chi connectivity index (χ0n) is 10.8. The van der Waals surface area contributed by atoms with Crippen LogP contribution in [-0.2, 0) is 9.47 Å². The van der Waals surface area contributed by atoms with E-state index in [9.17, 15) is 5.11 Å². The molecule has 1 heterocycles. The van der Waals surface area contributed by atoms with Crippen LogP contribution in [0.5, 0.6) is 0 Å². The fraction of sp³-hybridized carbons (Fsp3) is 1.00. The molecule has 0 spiro atoms. The van der Waals surface area contributed by atoms with Crippen LogP contribution in [0.1, 0.15) is 38.5 Å². The largest absolute Gasteiger partial charge is 0.388 e. The van der Waals surface area contributed by atoms with E-state index in [0.717, 1.165) is 19.3 Å². The zero-order chi connectivity index (χ0) is 12.1. The minimum Gasteiger partial charge on any atom is -0.388 e. The van der Waals surface area contributed by atoms with Gasteiger partial charge in [0.1, 0.15) is 0 Å². The fourth-order valence-electron chi connectivity index (χ4n) is 2.81. The molecule has 2 fully saturated rings. The lowest BCUT2D eigenvalue weighted by Gasteiger charge is -2.35. The Morgan fingerprint density at radius 3 is 2.82 bits per heavy atom. The monoisotopic (exact) mass is 243 g/mol. The molecule has 4 heteroatoms. The number of hydrogen-bond acceptors (Lipinski definition) is 4. The van der Waals surface area contributed by atoms with Gasteiger partial charge in [0, 0.05) is 45.8 Å². The van der Waals surface area contributed by atoms with Crippen molar-refractivity contribution in [1.29, 1.82) is 0 Å². The van der Waals surface area contributed by atoms with E-state index in [1.807, 2.05) is 0 Å². The van der Waals surface area contributed by atoms with Crippen LogP contribution in [0.2, 0.25) is 0 Å². The Bertz CT molecular complexity index is 229. The molecule has 0 aromatic rings. The van der Waals surface area contributed by atoms with E-state index in [-0.39, 0.29) is 0 Å². The maximum Gasteiger partial charge on any atom is 0.0815 e. The quantitative estimate of drug-likeness (QED) is 0.775. The number of aliphatic hydroxyl groups is 1. The van der Waals surface area contributed by atoms with Gasteiger partial charge in [-0.3, -0.25) is 0 Å². The molecule has 4 nitrogen and oxygen atoms in total. The molecular formula is C13H25NO3. The van der Waals surface area contributed by atoms with Gasteiger partial charge < -0.3 is 19.9 Å². The molecule has 2 atom stereocenters. The molecule has 1 saturated heterocycles. The number of methoxy groups -OCH3 is 1. The second kappa shape index (κ2) is 6.14. The van der Waals surface area contributed by atoms with Crippen LogP contribution in [-0.4, -0.2) is 49.7 Å². The molecule has 0 bridgehead atoms. The average Bonchev–Trinajstić information content (AvgIpc) is 2.38. The van der Waals surface area contributed by atoms with Gasteiger partial charge in [0.25, 0.3) is 0 Å². The van der Waals surface area contributed by atoms with Crippen LogP contribution >= 0.6 is 0 Å². The van der Waals surface area contributed by atoms with Crippen LogP contribution in [0.15, 0.2) is 0 Å². The summed E-state index contributed by atoms with van der Waals surface area (Å²) in [4.78, 5) is 0. The van der Waals surface area contributed by atoms with E-state index < -0.39 is 5.60 Å². The molecule has 1 aliphatic heterocycles. The molecule has 2 aliphatic rings. The van der Waals surface area contributed by atoms with Gasteiger partial charge in [-0.2, -0.15) is 0 Å². The smallest absolute Gasteiger partial charge is 0.0815 e. The third kappa shape index (κ3) is 3.91. The number of rotatable bonds is 4. The Morgan fingerprint density at radius 1 is 1.35 bits per heavy atom. The zero-order valence-corrected chi connectivity index (χ0v) is 10.8. The minimum atomic E-state index is -0.557. The predicted octanol–water partition coefficient (Wildman–Crippen LogP) is 1.08. The summed E-state index contributed by atoms with van der Waals surface area (Å²) in [5, 5.41) is 13.9.